The zero-order valence-corrected chi connectivity index (χ0v) is 18.0. The average Bonchev–Trinajstić information content (AvgIpc) is 3.29. The van der Waals surface area contributed by atoms with Gasteiger partial charge in [-0.15, -0.1) is 0 Å². The fourth-order valence-corrected chi connectivity index (χ4v) is 4.83. The van der Waals surface area contributed by atoms with E-state index in [-0.39, 0.29) is 11.0 Å². The number of fused-ring (bicyclic) bond motifs is 1. The number of H-pyrrole nitrogens is 2. The van der Waals surface area contributed by atoms with Crippen LogP contribution in [0.15, 0.2) is 23.0 Å². The van der Waals surface area contributed by atoms with Gasteiger partial charge in [0, 0.05) is 13.1 Å². The van der Waals surface area contributed by atoms with Gasteiger partial charge in [-0.25, -0.2) is 4.98 Å². The summed E-state index contributed by atoms with van der Waals surface area (Å²) in [7, 11) is 0. The standard InChI is InChI=1S/C20H22Cl2N6O2/c1-11-9-20(10-30-11)5-7-28(8-6-20)18-19(29)24-15-16(26-27-17(15)25-18)23-13-4-2-3-12(21)14(13)22/h2-4,11H,5-10H2,1H3,(H,24,29)(H2,23,25,26,27)/t11-/m0/s1. The molecular weight excluding hydrogens is 427 g/mol. The van der Waals surface area contributed by atoms with Crippen molar-refractivity contribution in [3.05, 3.63) is 38.6 Å². The van der Waals surface area contributed by atoms with Crippen LogP contribution in [0.3, 0.4) is 0 Å². The van der Waals surface area contributed by atoms with Crippen molar-refractivity contribution in [2.75, 3.05) is 29.9 Å². The predicted molar refractivity (Wildman–Crippen MR) is 118 cm³/mol. The number of hydrogen-bond donors (Lipinski definition) is 3. The lowest BCUT2D eigenvalue weighted by molar-refractivity contribution is 0.0975. The Balaban J connectivity index is 1.39. The lowest BCUT2D eigenvalue weighted by Crippen LogP contribution is -2.43. The van der Waals surface area contributed by atoms with Gasteiger partial charge >= 0.3 is 0 Å². The molecule has 0 amide bonds. The van der Waals surface area contributed by atoms with E-state index >= 15 is 0 Å². The van der Waals surface area contributed by atoms with Crippen LogP contribution in [0.1, 0.15) is 26.2 Å². The van der Waals surface area contributed by atoms with Crippen molar-refractivity contribution < 1.29 is 4.74 Å². The van der Waals surface area contributed by atoms with Crippen LogP contribution in [0.2, 0.25) is 10.0 Å². The van der Waals surface area contributed by atoms with E-state index in [4.69, 9.17) is 27.9 Å². The maximum absolute atomic E-state index is 12.8. The highest BCUT2D eigenvalue weighted by Crippen LogP contribution is 2.42. The molecule has 2 aromatic heterocycles. The number of nitrogens with one attached hydrogen (secondary N) is 3. The lowest BCUT2D eigenvalue weighted by atomic mass is 9.77. The molecule has 4 heterocycles. The maximum atomic E-state index is 12.8. The number of hydrogen-bond acceptors (Lipinski definition) is 6. The third-order valence-electron chi connectivity index (χ3n) is 6.13. The van der Waals surface area contributed by atoms with E-state index in [2.05, 4.69) is 32.4 Å². The number of nitrogens with zero attached hydrogens (tertiary/aromatic N) is 3. The van der Waals surface area contributed by atoms with Crippen molar-refractivity contribution >= 4 is 51.7 Å². The Labute approximate surface area is 182 Å². The number of halogens is 2. The summed E-state index contributed by atoms with van der Waals surface area (Å²) in [6.45, 7) is 4.51. The molecular formula is C20H22Cl2N6O2. The van der Waals surface area contributed by atoms with Crippen molar-refractivity contribution in [2.24, 2.45) is 5.41 Å². The van der Waals surface area contributed by atoms with Crippen molar-refractivity contribution in [1.82, 2.24) is 20.2 Å². The molecule has 2 saturated heterocycles. The second-order valence-electron chi connectivity index (χ2n) is 8.22. The zero-order chi connectivity index (χ0) is 20.9. The van der Waals surface area contributed by atoms with E-state index in [1.807, 2.05) is 4.90 Å². The van der Waals surface area contributed by atoms with E-state index < -0.39 is 0 Å². The van der Waals surface area contributed by atoms with Crippen molar-refractivity contribution in [2.45, 2.75) is 32.3 Å². The van der Waals surface area contributed by atoms with Crippen LogP contribution in [0.25, 0.3) is 11.2 Å². The van der Waals surface area contributed by atoms with Gasteiger partial charge in [0.15, 0.2) is 17.3 Å². The van der Waals surface area contributed by atoms with E-state index in [1.165, 1.54) is 0 Å². The topological polar surface area (TPSA) is 98.9 Å². The molecule has 30 heavy (non-hydrogen) atoms. The van der Waals surface area contributed by atoms with E-state index in [1.54, 1.807) is 18.2 Å². The summed E-state index contributed by atoms with van der Waals surface area (Å²) in [4.78, 5) is 22.3. The Morgan fingerprint density at radius 1 is 1.30 bits per heavy atom. The Bertz CT molecular complexity index is 1150. The van der Waals surface area contributed by atoms with Gasteiger partial charge in [0.1, 0.15) is 5.52 Å². The molecule has 2 aliphatic heterocycles. The van der Waals surface area contributed by atoms with Crippen molar-refractivity contribution in [1.29, 1.82) is 0 Å². The largest absolute Gasteiger partial charge is 0.378 e. The summed E-state index contributed by atoms with van der Waals surface area (Å²) in [5.41, 5.74) is 1.59. The smallest absolute Gasteiger partial charge is 0.291 e. The highest BCUT2D eigenvalue weighted by molar-refractivity contribution is 6.43. The van der Waals surface area contributed by atoms with Gasteiger partial charge < -0.3 is 19.9 Å². The summed E-state index contributed by atoms with van der Waals surface area (Å²) in [6.07, 6.45) is 3.41. The minimum Gasteiger partial charge on any atom is -0.378 e. The summed E-state index contributed by atoms with van der Waals surface area (Å²) >= 11 is 12.3. The number of piperidine rings is 1. The van der Waals surface area contributed by atoms with Crippen LogP contribution < -0.4 is 15.8 Å². The molecule has 3 N–H and O–H groups in total. The molecule has 2 fully saturated rings. The number of ether oxygens (including phenoxy) is 1. The van der Waals surface area contributed by atoms with Gasteiger partial charge in [0.25, 0.3) is 5.56 Å². The molecule has 0 aliphatic carbocycles. The predicted octanol–water partition coefficient (Wildman–Crippen LogP) is 4.09. The summed E-state index contributed by atoms with van der Waals surface area (Å²) < 4.78 is 5.80. The molecule has 0 saturated carbocycles. The molecule has 1 spiro atoms. The minimum absolute atomic E-state index is 0.240. The van der Waals surface area contributed by atoms with Crippen LogP contribution in [0.5, 0.6) is 0 Å². The Morgan fingerprint density at radius 2 is 2.10 bits per heavy atom. The fraction of sp³-hybridized carbons (Fsp3) is 0.450. The number of benzene rings is 1. The van der Waals surface area contributed by atoms with Gasteiger partial charge in [-0.1, -0.05) is 29.3 Å². The van der Waals surface area contributed by atoms with E-state index in [0.29, 0.717) is 44.6 Å². The Kier molecular flexibility index (Phi) is 4.88. The molecule has 5 rings (SSSR count). The SMILES string of the molecule is C[C@H]1CC2(CCN(c3nc4[nH]nc(Nc5cccc(Cl)c5Cl)c4[nH]c3=O)CC2)CO1. The van der Waals surface area contributed by atoms with Gasteiger partial charge in [0.05, 0.1) is 28.4 Å². The Morgan fingerprint density at radius 3 is 2.83 bits per heavy atom. The van der Waals surface area contributed by atoms with Gasteiger partial charge in [-0.05, 0) is 43.7 Å². The first-order chi connectivity index (χ1) is 14.4. The summed E-state index contributed by atoms with van der Waals surface area (Å²) in [6, 6.07) is 5.27. The van der Waals surface area contributed by atoms with Gasteiger partial charge in [-0.2, -0.15) is 5.10 Å². The molecule has 3 aromatic rings. The molecule has 0 bridgehead atoms. The van der Waals surface area contributed by atoms with Crippen LogP contribution in [0, 0.1) is 5.41 Å². The van der Waals surface area contributed by atoms with Crippen LogP contribution >= 0.6 is 23.2 Å². The molecule has 1 atom stereocenters. The van der Waals surface area contributed by atoms with Crippen LogP contribution in [0.4, 0.5) is 17.3 Å². The third kappa shape index (κ3) is 3.42. The zero-order valence-electron chi connectivity index (χ0n) is 16.5. The average molecular weight is 449 g/mol. The first-order valence-electron chi connectivity index (χ1n) is 10.0. The molecule has 2 aliphatic rings. The third-order valence-corrected chi connectivity index (χ3v) is 6.95. The first kappa shape index (κ1) is 19.7. The normalized spacial score (nSPS) is 20.9. The molecule has 158 valence electrons. The number of rotatable bonds is 3. The quantitative estimate of drug-likeness (QED) is 0.557. The first-order valence-corrected chi connectivity index (χ1v) is 10.8. The summed E-state index contributed by atoms with van der Waals surface area (Å²) in [5, 5.41) is 11.1. The fourth-order valence-electron chi connectivity index (χ4n) is 4.48. The van der Waals surface area contributed by atoms with Crippen LogP contribution in [-0.2, 0) is 4.74 Å². The van der Waals surface area contributed by atoms with Crippen LogP contribution in [-0.4, -0.2) is 46.0 Å². The summed E-state index contributed by atoms with van der Waals surface area (Å²) in [5.74, 6) is 0.848. The van der Waals surface area contributed by atoms with E-state index in [0.717, 1.165) is 39.0 Å². The second kappa shape index (κ2) is 7.44. The highest BCUT2D eigenvalue weighted by atomic mass is 35.5. The van der Waals surface area contributed by atoms with E-state index in [9.17, 15) is 4.79 Å². The van der Waals surface area contributed by atoms with Gasteiger partial charge in [-0.3, -0.25) is 9.89 Å². The second-order valence-corrected chi connectivity index (χ2v) is 9.01. The van der Waals surface area contributed by atoms with Crippen molar-refractivity contribution in [3.8, 4) is 0 Å². The molecule has 8 nitrogen and oxygen atoms in total. The van der Waals surface area contributed by atoms with Gasteiger partial charge in [0.2, 0.25) is 0 Å². The lowest BCUT2D eigenvalue weighted by Gasteiger charge is -2.38. The molecule has 10 heteroatoms. The molecule has 1 aromatic carbocycles. The Hall–Kier alpha value is -2.29. The number of aromatic nitrogens is 4. The number of anilines is 3. The molecule has 0 unspecified atom stereocenters. The minimum atomic E-state index is -0.240. The van der Waals surface area contributed by atoms with Crippen molar-refractivity contribution in [3.63, 3.8) is 0 Å². The highest BCUT2D eigenvalue weighted by Gasteiger charge is 2.41. The monoisotopic (exact) mass is 448 g/mol. The number of aromatic amines is 2. The maximum Gasteiger partial charge on any atom is 0.291 e. The molecule has 0 radical (unpaired) electrons.